The van der Waals surface area contributed by atoms with E-state index in [1.165, 1.54) is 0 Å². The van der Waals surface area contributed by atoms with Crippen LogP contribution in [-0.2, 0) is 16.6 Å². The van der Waals surface area contributed by atoms with Crippen LogP contribution in [0.5, 0.6) is 0 Å². The van der Waals surface area contributed by atoms with Crippen LogP contribution in [0.25, 0.3) is 0 Å². The highest BCUT2D eigenvalue weighted by atomic mass is 32.2. The van der Waals surface area contributed by atoms with Gasteiger partial charge in [-0.1, -0.05) is 48.0 Å². The van der Waals surface area contributed by atoms with Crippen LogP contribution in [0.15, 0.2) is 65.7 Å². The third-order valence-corrected chi connectivity index (χ3v) is 7.45. The number of sulfonamides is 1. The average molecular weight is 381 g/mol. The molecule has 1 aromatic heterocycles. The summed E-state index contributed by atoms with van der Waals surface area (Å²) in [6.45, 7) is 6.89. The van der Waals surface area contributed by atoms with Crippen molar-refractivity contribution >= 4 is 10.0 Å². The standard InChI is InChI=1S/C22H24N2O2S/c1-16-14-17(2)22(18(3)15-16)27(25,26)24-13-12-23-11-7-10-20(23)21(24)19-8-5-4-6-9-19/h4-11,14-15,21H,12-13H2,1-3H3. The lowest BCUT2D eigenvalue weighted by Gasteiger charge is -2.37. The van der Waals surface area contributed by atoms with Gasteiger partial charge in [0.25, 0.3) is 0 Å². The molecule has 1 aliphatic rings. The summed E-state index contributed by atoms with van der Waals surface area (Å²) < 4.78 is 31.4. The van der Waals surface area contributed by atoms with Crippen molar-refractivity contribution in [3.63, 3.8) is 0 Å². The maximum absolute atomic E-state index is 13.8. The number of aromatic nitrogens is 1. The summed E-state index contributed by atoms with van der Waals surface area (Å²) >= 11 is 0. The minimum absolute atomic E-state index is 0.319. The number of rotatable bonds is 3. The van der Waals surface area contributed by atoms with Crippen molar-refractivity contribution in [1.29, 1.82) is 0 Å². The third-order valence-electron chi connectivity index (χ3n) is 5.28. The molecule has 0 bridgehead atoms. The molecular formula is C22H24N2O2S. The van der Waals surface area contributed by atoms with Crippen LogP contribution >= 0.6 is 0 Å². The highest BCUT2D eigenvalue weighted by molar-refractivity contribution is 7.89. The van der Waals surface area contributed by atoms with Gasteiger partial charge in [-0.25, -0.2) is 8.42 Å². The van der Waals surface area contributed by atoms with Crippen LogP contribution in [0.2, 0.25) is 0 Å². The second kappa shape index (κ2) is 6.66. The largest absolute Gasteiger partial charge is 0.348 e. The van der Waals surface area contributed by atoms with Crippen LogP contribution in [0, 0.1) is 20.8 Å². The molecule has 2 heterocycles. The van der Waals surface area contributed by atoms with Gasteiger partial charge in [0.1, 0.15) is 0 Å². The predicted octanol–water partition coefficient (Wildman–Crippen LogP) is 4.21. The van der Waals surface area contributed by atoms with E-state index in [0.717, 1.165) is 27.9 Å². The van der Waals surface area contributed by atoms with Crippen LogP contribution in [0.3, 0.4) is 0 Å². The van der Waals surface area contributed by atoms with E-state index in [2.05, 4.69) is 4.57 Å². The second-order valence-corrected chi connectivity index (χ2v) is 9.11. The SMILES string of the molecule is Cc1cc(C)c(S(=O)(=O)N2CCn3cccc3C2c2ccccc2)c(C)c1. The Morgan fingerprint density at radius 3 is 2.22 bits per heavy atom. The van der Waals surface area contributed by atoms with E-state index in [-0.39, 0.29) is 6.04 Å². The van der Waals surface area contributed by atoms with Gasteiger partial charge in [-0.3, -0.25) is 0 Å². The summed E-state index contributed by atoms with van der Waals surface area (Å²) in [7, 11) is -3.64. The molecule has 0 spiro atoms. The molecule has 1 aliphatic heterocycles. The fourth-order valence-corrected chi connectivity index (χ4v) is 6.28. The van der Waals surface area contributed by atoms with E-state index in [0.29, 0.717) is 18.0 Å². The number of aryl methyl sites for hydroxylation is 3. The summed E-state index contributed by atoms with van der Waals surface area (Å²) in [6.07, 6.45) is 2.03. The average Bonchev–Trinajstić information content (AvgIpc) is 3.09. The number of hydrogen-bond donors (Lipinski definition) is 0. The first-order valence-corrected chi connectivity index (χ1v) is 10.6. The van der Waals surface area contributed by atoms with E-state index in [9.17, 15) is 8.42 Å². The van der Waals surface area contributed by atoms with Gasteiger partial charge in [0.2, 0.25) is 10.0 Å². The summed E-state index contributed by atoms with van der Waals surface area (Å²) in [5.41, 5.74) is 4.69. The molecule has 0 saturated heterocycles. The summed E-state index contributed by atoms with van der Waals surface area (Å²) in [5, 5.41) is 0. The Balaban J connectivity index is 1.90. The van der Waals surface area contributed by atoms with Gasteiger partial charge >= 0.3 is 0 Å². The number of benzene rings is 2. The van der Waals surface area contributed by atoms with Gasteiger partial charge in [-0.2, -0.15) is 4.31 Å². The molecule has 3 aromatic rings. The minimum atomic E-state index is -3.64. The highest BCUT2D eigenvalue weighted by Gasteiger charge is 2.38. The van der Waals surface area contributed by atoms with Crippen molar-refractivity contribution in [2.45, 2.75) is 38.3 Å². The maximum Gasteiger partial charge on any atom is 0.244 e. The van der Waals surface area contributed by atoms with E-state index >= 15 is 0 Å². The molecule has 0 N–H and O–H groups in total. The van der Waals surface area contributed by atoms with Crippen molar-refractivity contribution in [2.24, 2.45) is 0 Å². The molecule has 0 amide bonds. The second-order valence-electron chi connectivity index (χ2n) is 7.28. The van der Waals surface area contributed by atoms with E-state index < -0.39 is 10.0 Å². The Morgan fingerprint density at radius 1 is 0.889 bits per heavy atom. The zero-order chi connectivity index (χ0) is 19.2. The fraction of sp³-hybridized carbons (Fsp3) is 0.273. The van der Waals surface area contributed by atoms with Crippen molar-refractivity contribution in [2.75, 3.05) is 6.54 Å². The third kappa shape index (κ3) is 3.01. The molecule has 140 valence electrons. The first kappa shape index (κ1) is 18.0. The first-order chi connectivity index (χ1) is 12.9. The Labute approximate surface area is 161 Å². The Kier molecular flexibility index (Phi) is 4.44. The van der Waals surface area contributed by atoms with E-state index in [4.69, 9.17) is 0 Å². The lowest BCUT2D eigenvalue weighted by atomic mass is 10.0. The van der Waals surface area contributed by atoms with Crippen LogP contribution in [0.4, 0.5) is 0 Å². The van der Waals surface area contributed by atoms with Gasteiger partial charge in [0.05, 0.1) is 10.9 Å². The Hall–Kier alpha value is -2.37. The molecule has 0 radical (unpaired) electrons. The first-order valence-electron chi connectivity index (χ1n) is 9.19. The fourth-order valence-electron chi connectivity index (χ4n) is 4.28. The minimum Gasteiger partial charge on any atom is -0.348 e. The monoisotopic (exact) mass is 380 g/mol. The molecule has 0 fully saturated rings. The van der Waals surface area contributed by atoms with Gasteiger partial charge in [0, 0.05) is 25.0 Å². The van der Waals surface area contributed by atoms with Crippen LogP contribution in [-0.4, -0.2) is 23.8 Å². The molecular weight excluding hydrogens is 356 g/mol. The number of fused-ring (bicyclic) bond motifs is 1. The molecule has 5 heteroatoms. The predicted molar refractivity (Wildman–Crippen MR) is 107 cm³/mol. The smallest absolute Gasteiger partial charge is 0.244 e. The lowest BCUT2D eigenvalue weighted by Crippen LogP contribution is -2.42. The van der Waals surface area contributed by atoms with E-state index in [1.54, 1.807) is 4.31 Å². The van der Waals surface area contributed by atoms with Crippen molar-refractivity contribution in [3.05, 3.63) is 88.7 Å². The normalized spacial score (nSPS) is 17.7. The Morgan fingerprint density at radius 2 is 1.56 bits per heavy atom. The van der Waals surface area contributed by atoms with Crippen LogP contribution in [0.1, 0.15) is 34.0 Å². The molecule has 4 nitrogen and oxygen atoms in total. The topological polar surface area (TPSA) is 42.3 Å². The lowest BCUT2D eigenvalue weighted by molar-refractivity contribution is 0.298. The van der Waals surface area contributed by atoms with Gasteiger partial charge < -0.3 is 4.57 Å². The molecule has 1 atom stereocenters. The quantitative estimate of drug-likeness (QED) is 0.683. The molecule has 1 unspecified atom stereocenters. The highest BCUT2D eigenvalue weighted by Crippen LogP contribution is 2.37. The van der Waals surface area contributed by atoms with Crippen molar-refractivity contribution in [1.82, 2.24) is 8.87 Å². The van der Waals surface area contributed by atoms with Gasteiger partial charge in [0.15, 0.2) is 0 Å². The Bertz CT molecular complexity index is 1060. The summed E-state index contributed by atoms with van der Waals surface area (Å²) in [6, 6.07) is 17.5. The van der Waals surface area contributed by atoms with Crippen LogP contribution < -0.4 is 0 Å². The maximum atomic E-state index is 13.8. The van der Waals surface area contributed by atoms with Crippen molar-refractivity contribution in [3.8, 4) is 0 Å². The zero-order valence-corrected chi connectivity index (χ0v) is 16.7. The molecule has 4 rings (SSSR count). The summed E-state index contributed by atoms with van der Waals surface area (Å²) in [5.74, 6) is 0. The number of nitrogens with zero attached hydrogens (tertiary/aromatic N) is 2. The molecule has 0 saturated carbocycles. The number of hydrogen-bond acceptors (Lipinski definition) is 2. The summed E-state index contributed by atoms with van der Waals surface area (Å²) in [4.78, 5) is 0.439. The molecule has 2 aromatic carbocycles. The zero-order valence-electron chi connectivity index (χ0n) is 15.9. The van der Waals surface area contributed by atoms with E-state index in [1.807, 2.05) is 81.6 Å². The van der Waals surface area contributed by atoms with Gasteiger partial charge in [-0.15, -0.1) is 0 Å². The molecule has 27 heavy (non-hydrogen) atoms. The molecule has 0 aliphatic carbocycles. The van der Waals surface area contributed by atoms with Gasteiger partial charge in [-0.05, 0) is 49.6 Å². The van der Waals surface area contributed by atoms with Crippen molar-refractivity contribution < 1.29 is 8.42 Å².